The number of hydrogen-bond donors (Lipinski definition) is 0. The van der Waals surface area contributed by atoms with Crippen LogP contribution in [0.2, 0.25) is 0 Å². The SMILES string of the molecule is [2H]c1c([2H])c([2H])c(-c2nc(-c3ccc4c(c3)sc3ccc(-n5c6ccccc6c6c7c(ccc65)oc5ccccc57)cc34)nc(-c3c([2H])c([2H])c([2H])c([2H])c3[2H])n2)c([2H])c1[2H]. The Labute approximate surface area is 309 Å². The lowest BCUT2D eigenvalue weighted by atomic mass is 10.1. The average Bonchev–Trinajstić information content (AvgIpc) is 3.95. The largest absolute Gasteiger partial charge is 0.456 e. The number of hydrogen-bond acceptors (Lipinski definition) is 5. The van der Waals surface area contributed by atoms with E-state index in [-0.39, 0.29) is 28.6 Å². The van der Waals surface area contributed by atoms with Crippen LogP contribution >= 0.6 is 11.3 Å². The molecule has 11 rings (SSSR count). The average molecular weight is 681 g/mol. The summed E-state index contributed by atoms with van der Waals surface area (Å²) >= 11 is 1.56. The molecule has 238 valence electrons. The third kappa shape index (κ3) is 4.37. The lowest BCUT2D eigenvalue weighted by Gasteiger charge is -2.09. The highest BCUT2D eigenvalue weighted by atomic mass is 32.1. The summed E-state index contributed by atoms with van der Waals surface area (Å²) in [6.07, 6.45) is 0. The molecular weight excluding hydrogens is 645 g/mol. The Morgan fingerprint density at radius 3 is 1.94 bits per heavy atom. The van der Waals surface area contributed by atoms with Gasteiger partial charge in [-0.3, -0.25) is 0 Å². The summed E-state index contributed by atoms with van der Waals surface area (Å²) in [5.41, 5.74) is 4.57. The summed E-state index contributed by atoms with van der Waals surface area (Å²) in [4.78, 5) is 13.6. The highest BCUT2D eigenvalue weighted by molar-refractivity contribution is 7.25. The minimum absolute atomic E-state index is 0.0158. The molecule has 4 heterocycles. The van der Waals surface area contributed by atoms with Crippen molar-refractivity contribution in [1.82, 2.24) is 19.5 Å². The van der Waals surface area contributed by atoms with Gasteiger partial charge in [0.25, 0.3) is 0 Å². The molecule has 0 aliphatic rings. The van der Waals surface area contributed by atoms with Gasteiger partial charge in [-0.25, -0.2) is 15.0 Å². The van der Waals surface area contributed by atoms with Crippen LogP contribution in [-0.4, -0.2) is 19.5 Å². The number of nitrogens with zero attached hydrogens (tertiary/aromatic N) is 4. The molecule has 0 atom stereocenters. The highest BCUT2D eigenvalue weighted by Crippen LogP contribution is 2.43. The molecule has 0 amide bonds. The smallest absolute Gasteiger partial charge is 0.164 e. The normalized spacial score (nSPS) is 14.7. The minimum Gasteiger partial charge on any atom is -0.456 e. The van der Waals surface area contributed by atoms with Crippen molar-refractivity contribution in [1.29, 1.82) is 0 Å². The summed E-state index contributed by atoms with van der Waals surface area (Å²) in [7, 11) is 0. The van der Waals surface area contributed by atoms with Crippen LogP contribution < -0.4 is 0 Å². The van der Waals surface area contributed by atoms with Crippen molar-refractivity contribution < 1.29 is 18.1 Å². The van der Waals surface area contributed by atoms with Crippen molar-refractivity contribution in [3.63, 3.8) is 0 Å². The van der Waals surface area contributed by atoms with Gasteiger partial charge in [-0.2, -0.15) is 0 Å². The van der Waals surface area contributed by atoms with Gasteiger partial charge in [0.2, 0.25) is 0 Å². The number of thiophene rings is 1. The Kier molecular flexibility index (Phi) is 4.32. The van der Waals surface area contributed by atoms with Crippen LogP contribution in [0.25, 0.3) is 104 Å². The second kappa shape index (κ2) is 10.9. The lowest BCUT2D eigenvalue weighted by Crippen LogP contribution is -1.99. The van der Waals surface area contributed by atoms with Gasteiger partial charge >= 0.3 is 0 Å². The maximum Gasteiger partial charge on any atom is 0.164 e. The highest BCUT2D eigenvalue weighted by Gasteiger charge is 2.19. The molecule has 0 unspecified atom stereocenters. The number of aromatic nitrogens is 4. The molecule has 0 fully saturated rings. The zero-order valence-corrected chi connectivity index (χ0v) is 27.2. The van der Waals surface area contributed by atoms with Gasteiger partial charge in [0.1, 0.15) is 11.2 Å². The molecule has 6 heteroatoms. The predicted molar refractivity (Wildman–Crippen MR) is 211 cm³/mol. The van der Waals surface area contributed by atoms with Gasteiger partial charge in [-0.05, 0) is 48.5 Å². The molecule has 0 aliphatic heterocycles. The molecule has 11 aromatic rings. The quantitative estimate of drug-likeness (QED) is 0.186. The Bertz CT molecular complexity index is 3600. The number of benzene rings is 7. The fourth-order valence-electron chi connectivity index (χ4n) is 7.05. The Hall–Kier alpha value is -6.63. The first-order chi connectivity index (χ1) is 29.4. The van der Waals surface area contributed by atoms with Crippen molar-refractivity contribution in [3.05, 3.63) is 157 Å². The molecule has 0 N–H and O–H groups in total. The third-order valence-corrected chi connectivity index (χ3v) is 10.4. The molecule has 0 bridgehead atoms. The van der Waals surface area contributed by atoms with Crippen molar-refractivity contribution in [2.24, 2.45) is 0 Å². The minimum atomic E-state index is -0.599. The van der Waals surface area contributed by atoms with E-state index in [1.165, 1.54) is 0 Å². The zero-order valence-electron chi connectivity index (χ0n) is 36.3. The maximum atomic E-state index is 8.66. The van der Waals surface area contributed by atoms with Gasteiger partial charge in [-0.15, -0.1) is 11.3 Å². The number of rotatable bonds is 4. The third-order valence-electron chi connectivity index (χ3n) is 9.23. The van der Waals surface area contributed by atoms with E-state index in [1.807, 2.05) is 48.5 Å². The second-order valence-corrected chi connectivity index (χ2v) is 13.2. The monoisotopic (exact) mass is 680 g/mol. The first-order valence-electron chi connectivity index (χ1n) is 21.1. The van der Waals surface area contributed by atoms with E-state index >= 15 is 0 Å². The van der Waals surface area contributed by atoms with Crippen LogP contribution in [0.5, 0.6) is 0 Å². The fourth-order valence-corrected chi connectivity index (χ4v) is 8.17. The summed E-state index contributed by atoms with van der Waals surface area (Å²) in [5.74, 6) is -0.601. The van der Waals surface area contributed by atoms with Crippen molar-refractivity contribution in [2.75, 3.05) is 0 Å². The number of fused-ring (bicyclic) bond motifs is 10. The van der Waals surface area contributed by atoms with Gasteiger partial charge in [0, 0.05) is 64.1 Å². The zero-order chi connectivity index (χ0) is 42.2. The van der Waals surface area contributed by atoms with E-state index in [2.05, 4.69) is 62.0 Å². The van der Waals surface area contributed by atoms with Gasteiger partial charge < -0.3 is 8.98 Å². The summed E-state index contributed by atoms with van der Waals surface area (Å²) in [5, 5.41) is 6.32. The summed E-state index contributed by atoms with van der Waals surface area (Å²) in [6, 6.07) is 26.7. The van der Waals surface area contributed by atoms with Gasteiger partial charge in [0.05, 0.1) is 24.7 Å². The molecule has 0 spiro atoms. The van der Waals surface area contributed by atoms with Crippen molar-refractivity contribution in [2.45, 2.75) is 0 Å². The van der Waals surface area contributed by atoms with E-state index in [0.717, 1.165) is 69.6 Å². The van der Waals surface area contributed by atoms with Crippen LogP contribution in [0.4, 0.5) is 0 Å². The molecular formula is C45H26N4OS. The molecule has 4 aromatic heterocycles. The molecule has 0 radical (unpaired) electrons. The van der Waals surface area contributed by atoms with E-state index < -0.39 is 60.4 Å². The van der Waals surface area contributed by atoms with Crippen LogP contribution in [-0.2, 0) is 0 Å². The van der Waals surface area contributed by atoms with Crippen LogP contribution in [0, 0.1) is 0 Å². The number of para-hydroxylation sites is 2. The van der Waals surface area contributed by atoms with Gasteiger partial charge in [0.15, 0.2) is 17.5 Å². The number of furan rings is 1. The Balaban J connectivity index is 1.11. The van der Waals surface area contributed by atoms with Crippen molar-refractivity contribution >= 4 is 75.3 Å². The van der Waals surface area contributed by atoms with E-state index in [4.69, 9.17) is 18.1 Å². The topological polar surface area (TPSA) is 56.7 Å². The Morgan fingerprint density at radius 1 is 0.490 bits per heavy atom. The maximum absolute atomic E-state index is 8.66. The van der Waals surface area contributed by atoms with Crippen molar-refractivity contribution in [3.8, 4) is 39.9 Å². The summed E-state index contributed by atoms with van der Waals surface area (Å²) < 4.78 is 94.5. The van der Waals surface area contributed by atoms with Gasteiger partial charge in [-0.1, -0.05) is 109 Å². The van der Waals surface area contributed by atoms with E-state index in [9.17, 15) is 0 Å². The van der Waals surface area contributed by atoms with E-state index in [0.29, 0.717) is 5.56 Å². The summed E-state index contributed by atoms with van der Waals surface area (Å²) in [6.45, 7) is 0. The second-order valence-electron chi connectivity index (χ2n) is 12.1. The van der Waals surface area contributed by atoms with Crippen LogP contribution in [0.15, 0.2) is 162 Å². The first kappa shape index (κ1) is 20.1. The standard InChI is InChI=1S/C45H26N4OS/c1-3-11-27(12-4-1)43-46-44(28-13-5-2-6-14-28)48-45(47-43)29-19-21-31-34-26-30(20-24-39(34)51-40(31)25-29)49-35-17-9-7-15-32(35)41-36(49)22-23-38-42(41)33-16-8-10-18-37(33)50-38/h1-26H/i1D,2D,3D,4D,5D,6D,11D,12D,13D,14D. The fraction of sp³-hybridized carbons (Fsp3) is 0. The Morgan fingerprint density at radius 2 is 1.18 bits per heavy atom. The molecule has 51 heavy (non-hydrogen) atoms. The van der Waals surface area contributed by atoms with Crippen LogP contribution in [0.3, 0.4) is 0 Å². The van der Waals surface area contributed by atoms with E-state index in [1.54, 1.807) is 17.4 Å². The first-order valence-corrected chi connectivity index (χ1v) is 16.9. The molecule has 5 nitrogen and oxygen atoms in total. The molecule has 0 saturated heterocycles. The lowest BCUT2D eigenvalue weighted by molar-refractivity contribution is 0.669. The predicted octanol–water partition coefficient (Wildman–Crippen LogP) is 12.2. The molecule has 7 aromatic carbocycles. The van der Waals surface area contributed by atoms with Crippen LogP contribution in [0.1, 0.15) is 13.7 Å². The molecule has 0 saturated carbocycles. The molecule has 0 aliphatic carbocycles.